The van der Waals surface area contributed by atoms with Gasteiger partial charge in [0.25, 0.3) is 0 Å². The first-order valence-electron chi connectivity index (χ1n) is 10.0. The number of nitrogens with one attached hydrogen (secondary N) is 2. The summed E-state index contributed by atoms with van der Waals surface area (Å²) in [6.07, 6.45) is 2.33. The number of aromatic nitrogens is 1. The van der Waals surface area contributed by atoms with Crippen LogP contribution in [0.5, 0.6) is 0 Å². The van der Waals surface area contributed by atoms with Crippen molar-refractivity contribution in [3.8, 4) is 0 Å². The zero-order valence-electron chi connectivity index (χ0n) is 16.7. The van der Waals surface area contributed by atoms with Crippen molar-refractivity contribution in [1.82, 2.24) is 15.2 Å². The number of pyridine rings is 1. The Labute approximate surface area is 171 Å². The van der Waals surface area contributed by atoms with E-state index in [4.69, 9.17) is 0 Å². The van der Waals surface area contributed by atoms with Crippen molar-refractivity contribution in [2.45, 2.75) is 38.1 Å². The van der Waals surface area contributed by atoms with Crippen LogP contribution in [-0.2, 0) is 17.8 Å². The molecule has 1 aliphatic heterocycles. The first-order chi connectivity index (χ1) is 14.1. The average molecular weight is 396 g/mol. The minimum atomic E-state index is -0.807. The number of carboxylic acids is 1. The van der Waals surface area contributed by atoms with Gasteiger partial charge in [-0.15, -0.1) is 0 Å². The molecule has 0 bridgehead atoms. The van der Waals surface area contributed by atoms with Crippen molar-refractivity contribution in [2.75, 3.05) is 25.5 Å². The highest BCUT2D eigenvalue weighted by atomic mass is 16.4. The summed E-state index contributed by atoms with van der Waals surface area (Å²) in [7, 11) is 1.84. The van der Waals surface area contributed by atoms with Gasteiger partial charge in [-0.05, 0) is 48.4 Å². The summed E-state index contributed by atoms with van der Waals surface area (Å²) >= 11 is 0. The van der Waals surface area contributed by atoms with E-state index in [9.17, 15) is 14.7 Å². The van der Waals surface area contributed by atoms with Crippen LogP contribution in [0.15, 0.2) is 42.5 Å². The van der Waals surface area contributed by atoms with Gasteiger partial charge in [-0.3, -0.25) is 4.79 Å². The molecule has 0 fully saturated rings. The van der Waals surface area contributed by atoms with Gasteiger partial charge in [-0.25, -0.2) is 9.78 Å². The molecule has 1 aromatic carbocycles. The number of urea groups is 1. The van der Waals surface area contributed by atoms with Gasteiger partial charge in [0.05, 0.1) is 6.42 Å². The Hall–Kier alpha value is -3.09. The van der Waals surface area contributed by atoms with Gasteiger partial charge < -0.3 is 20.6 Å². The average Bonchev–Trinajstić information content (AvgIpc) is 2.91. The van der Waals surface area contributed by atoms with E-state index in [1.54, 1.807) is 4.90 Å². The molecule has 2 heterocycles. The molecule has 0 aliphatic carbocycles. The molecule has 3 N–H and O–H groups in total. The molecular weight excluding hydrogens is 368 g/mol. The van der Waals surface area contributed by atoms with E-state index in [-0.39, 0.29) is 18.4 Å². The Balaban J connectivity index is 1.54. The lowest BCUT2D eigenvalue weighted by Gasteiger charge is -2.21. The standard InChI is InChI=1S/C22H28N4O3/c1-23-20-10-4-7-18(25-20)8-5-12-24-22(29)26-13-11-16(14-21(27)28)19-9-3-2-6-17(19)15-26/h2-4,6-7,9-10,16H,5,8,11-15H2,1H3,(H,23,25)(H,24,29)(H,27,28). The molecule has 154 valence electrons. The first-order valence-corrected chi connectivity index (χ1v) is 10.0. The maximum absolute atomic E-state index is 12.7. The number of hydrogen-bond acceptors (Lipinski definition) is 4. The second-order valence-corrected chi connectivity index (χ2v) is 7.30. The fourth-order valence-electron chi connectivity index (χ4n) is 3.76. The summed E-state index contributed by atoms with van der Waals surface area (Å²) < 4.78 is 0. The minimum absolute atomic E-state index is 0.0629. The summed E-state index contributed by atoms with van der Waals surface area (Å²) in [5.41, 5.74) is 3.06. The largest absolute Gasteiger partial charge is 0.481 e. The number of aryl methyl sites for hydroxylation is 1. The number of rotatable bonds is 7. The molecule has 0 saturated heterocycles. The monoisotopic (exact) mass is 396 g/mol. The Morgan fingerprint density at radius 2 is 2.03 bits per heavy atom. The number of carbonyl (C=O) groups excluding carboxylic acids is 1. The topological polar surface area (TPSA) is 94.6 Å². The number of fused-ring (bicyclic) bond motifs is 1. The second-order valence-electron chi connectivity index (χ2n) is 7.30. The van der Waals surface area contributed by atoms with E-state index in [1.165, 1.54) is 0 Å². The van der Waals surface area contributed by atoms with Crippen molar-refractivity contribution in [3.05, 3.63) is 59.3 Å². The smallest absolute Gasteiger partial charge is 0.317 e. The van der Waals surface area contributed by atoms with Crippen LogP contribution in [0, 0.1) is 0 Å². The Morgan fingerprint density at radius 1 is 1.21 bits per heavy atom. The summed E-state index contributed by atoms with van der Waals surface area (Å²) in [5.74, 6) is -0.0311. The highest BCUT2D eigenvalue weighted by molar-refractivity contribution is 5.74. The molecule has 0 saturated carbocycles. The number of amides is 2. The molecule has 0 radical (unpaired) electrons. The van der Waals surface area contributed by atoms with Crippen molar-refractivity contribution in [1.29, 1.82) is 0 Å². The maximum Gasteiger partial charge on any atom is 0.317 e. The zero-order valence-corrected chi connectivity index (χ0v) is 16.7. The maximum atomic E-state index is 12.7. The number of carbonyl (C=O) groups is 2. The van der Waals surface area contributed by atoms with Crippen LogP contribution in [0.25, 0.3) is 0 Å². The third-order valence-electron chi connectivity index (χ3n) is 5.26. The molecule has 7 nitrogen and oxygen atoms in total. The Bertz CT molecular complexity index is 855. The molecule has 2 amide bonds. The fourth-order valence-corrected chi connectivity index (χ4v) is 3.76. The number of anilines is 1. The minimum Gasteiger partial charge on any atom is -0.481 e. The number of aliphatic carboxylic acids is 1. The molecule has 29 heavy (non-hydrogen) atoms. The van der Waals surface area contributed by atoms with Gasteiger partial charge in [0.1, 0.15) is 5.82 Å². The van der Waals surface area contributed by atoms with Gasteiger partial charge in [0, 0.05) is 32.4 Å². The number of hydrogen-bond donors (Lipinski definition) is 3. The molecular formula is C22H28N4O3. The quantitative estimate of drug-likeness (QED) is 0.625. The van der Waals surface area contributed by atoms with E-state index in [2.05, 4.69) is 15.6 Å². The molecule has 7 heteroatoms. The predicted octanol–water partition coefficient (Wildman–Crippen LogP) is 3.23. The SMILES string of the molecule is CNc1cccc(CCCNC(=O)N2CCC(CC(=O)O)c3ccccc3C2)n1. The van der Waals surface area contributed by atoms with E-state index >= 15 is 0 Å². The van der Waals surface area contributed by atoms with Crippen LogP contribution in [-0.4, -0.2) is 47.1 Å². The van der Waals surface area contributed by atoms with Crippen molar-refractivity contribution in [3.63, 3.8) is 0 Å². The summed E-state index contributed by atoms with van der Waals surface area (Å²) in [4.78, 5) is 30.2. The normalized spacial score (nSPS) is 15.9. The number of benzene rings is 1. The fraction of sp³-hybridized carbons (Fsp3) is 0.409. The van der Waals surface area contributed by atoms with E-state index in [0.29, 0.717) is 26.1 Å². The zero-order chi connectivity index (χ0) is 20.6. The van der Waals surface area contributed by atoms with Gasteiger partial charge >= 0.3 is 12.0 Å². The lowest BCUT2D eigenvalue weighted by atomic mass is 9.90. The first kappa shape index (κ1) is 20.6. The lowest BCUT2D eigenvalue weighted by Crippen LogP contribution is -2.40. The number of nitrogens with zero attached hydrogens (tertiary/aromatic N) is 2. The summed E-state index contributed by atoms with van der Waals surface area (Å²) in [6.45, 7) is 1.62. The van der Waals surface area contributed by atoms with Crippen LogP contribution in [0.2, 0.25) is 0 Å². The van der Waals surface area contributed by atoms with Gasteiger partial charge in [0.15, 0.2) is 0 Å². The van der Waals surface area contributed by atoms with Crippen molar-refractivity contribution >= 4 is 17.8 Å². The Kier molecular flexibility index (Phi) is 7.05. The second kappa shape index (κ2) is 9.91. The lowest BCUT2D eigenvalue weighted by molar-refractivity contribution is -0.137. The van der Waals surface area contributed by atoms with Gasteiger partial charge in [-0.1, -0.05) is 30.3 Å². The van der Waals surface area contributed by atoms with Crippen LogP contribution in [0.1, 0.15) is 42.0 Å². The van der Waals surface area contributed by atoms with Crippen LogP contribution >= 0.6 is 0 Å². The third-order valence-corrected chi connectivity index (χ3v) is 5.26. The van der Waals surface area contributed by atoms with Crippen LogP contribution in [0.3, 0.4) is 0 Å². The highest BCUT2D eigenvalue weighted by Crippen LogP contribution is 2.31. The predicted molar refractivity (Wildman–Crippen MR) is 112 cm³/mol. The number of carboxylic acid groups (broad SMARTS) is 1. The van der Waals surface area contributed by atoms with E-state index < -0.39 is 5.97 Å². The molecule has 2 aromatic rings. The summed E-state index contributed by atoms with van der Waals surface area (Å²) in [5, 5.41) is 15.2. The van der Waals surface area contributed by atoms with E-state index in [1.807, 2.05) is 49.5 Å². The van der Waals surface area contributed by atoms with Gasteiger partial charge in [-0.2, -0.15) is 0 Å². The van der Waals surface area contributed by atoms with E-state index in [0.717, 1.165) is 35.5 Å². The Morgan fingerprint density at radius 3 is 2.83 bits per heavy atom. The summed E-state index contributed by atoms with van der Waals surface area (Å²) in [6, 6.07) is 13.6. The molecule has 1 atom stereocenters. The third kappa shape index (κ3) is 5.70. The van der Waals surface area contributed by atoms with Crippen LogP contribution in [0.4, 0.5) is 10.6 Å². The van der Waals surface area contributed by atoms with Crippen LogP contribution < -0.4 is 10.6 Å². The molecule has 3 rings (SSSR count). The van der Waals surface area contributed by atoms with Crippen molar-refractivity contribution < 1.29 is 14.7 Å². The molecule has 1 aliphatic rings. The van der Waals surface area contributed by atoms with Gasteiger partial charge in [0.2, 0.25) is 0 Å². The molecule has 1 aromatic heterocycles. The molecule has 0 spiro atoms. The molecule has 1 unspecified atom stereocenters. The van der Waals surface area contributed by atoms with Crippen molar-refractivity contribution in [2.24, 2.45) is 0 Å². The highest BCUT2D eigenvalue weighted by Gasteiger charge is 2.26.